The van der Waals surface area contributed by atoms with Crippen LogP contribution in [0.25, 0.3) is 0 Å². The van der Waals surface area contributed by atoms with Crippen LogP contribution in [0.4, 0.5) is 4.79 Å². The van der Waals surface area contributed by atoms with Crippen molar-refractivity contribution in [3.63, 3.8) is 0 Å². The van der Waals surface area contributed by atoms with Crippen LogP contribution >= 0.6 is 0 Å². The molecule has 0 aromatic rings. The molecule has 1 N–H and O–H groups in total. The van der Waals surface area contributed by atoms with Gasteiger partial charge in [0.25, 0.3) is 0 Å². The van der Waals surface area contributed by atoms with Crippen LogP contribution in [0.1, 0.15) is 46.5 Å². The molecule has 5 nitrogen and oxygen atoms in total. The molecule has 23 heavy (non-hydrogen) atoms. The molecule has 0 radical (unpaired) electrons. The van der Waals surface area contributed by atoms with Crippen molar-refractivity contribution in [2.45, 2.75) is 64.1 Å². The lowest BCUT2D eigenvalue weighted by molar-refractivity contribution is 0.0265. The minimum absolute atomic E-state index is 0.198. The Kier molecular flexibility index (Phi) is 4.97. The number of ether oxygens (including phenoxy) is 1. The zero-order chi connectivity index (χ0) is 16.4. The highest BCUT2D eigenvalue weighted by Crippen LogP contribution is 2.29. The van der Waals surface area contributed by atoms with Crippen molar-refractivity contribution < 1.29 is 9.53 Å². The molecule has 2 fully saturated rings. The molecule has 1 unspecified atom stereocenters. The van der Waals surface area contributed by atoms with E-state index in [0.717, 1.165) is 25.6 Å². The van der Waals surface area contributed by atoms with Gasteiger partial charge in [0.15, 0.2) is 0 Å². The second-order valence-electron chi connectivity index (χ2n) is 8.13. The summed E-state index contributed by atoms with van der Waals surface area (Å²) in [7, 11) is 0. The smallest absolute Gasteiger partial charge is 0.410 e. The van der Waals surface area contributed by atoms with Crippen molar-refractivity contribution in [2.75, 3.05) is 32.7 Å². The van der Waals surface area contributed by atoms with Crippen LogP contribution in [0.2, 0.25) is 0 Å². The zero-order valence-corrected chi connectivity index (χ0v) is 14.8. The number of likely N-dealkylation sites (tertiary alicyclic amines) is 1. The van der Waals surface area contributed by atoms with E-state index in [0.29, 0.717) is 12.6 Å². The van der Waals surface area contributed by atoms with E-state index in [1.165, 1.54) is 37.9 Å². The first kappa shape index (κ1) is 16.8. The molecule has 1 saturated heterocycles. The lowest BCUT2D eigenvalue weighted by Gasteiger charge is -2.30. The van der Waals surface area contributed by atoms with E-state index in [1.54, 1.807) is 4.90 Å². The van der Waals surface area contributed by atoms with Gasteiger partial charge in [0.1, 0.15) is 5.60 Å². The van der Waals surface area contributed by atoms with Crippen LogP contribution in [-0.2, 0) is 4.74 Å². The Balaban J connectivity index is 1.38. The summed E-state index contributed by atoms with van der Waals surface area (Å²) in [6.07, 6.45) is 7.01. The average Bonchev–Trinajstić information content (AvgIpc) is 3.23. The monoisotopic (exact) mass is 321 g/mol. The maximum Gasteiger partial charge on any atom is 0.410 e. The summed E-state index contributed by atoms with van der Waals surface area (Å²) in [6, 6.07) is 1.53. The Labute approximate surface area is 140 Å². The van der Waals surface area contributed by atoms with Crippen molar-refractivity contribution in [1.82, 2.24) is 15.1 Å². The van der Waals surface area contributed by atoms with Crippen molar-refractivity contribution in [3.05, 3.63) is 11.6 Å². The Morgan fingerprint density at radius 1 is 1.30 bits per heavy atom. The zero-order valence-electron chi connectivity index (χ0n) is 14.8. The van der Waals surface area contributed by atoms with Crippen LogP contribution in [0, 0.1) is 0 Å². The number of carbonyl (C=O) groups is 1. The molecule has 2 aliphatic heterocycles. The van der Waals surface area contributed by atoms with Gasteiger partial charge in [-0.15, -0.1) is 0 Å². The Morgan fingerprint density at radius 3 is 2.70 bits per heavy atom. The van der Waals surface area contributed by atoms with E-state index < -0.39 is 5.60 Å². The van der Waals surface area contributed by atoms with Crippen molar-refractivity contribution >= 4 is 6.09 Å². The number of hydrogen-bond donors (Lipinski definition) is 1. The van der Waals surface area contributed by atoms with Crippen LogP contribution in [-0.4, -0.2) is 66.3 Å². The first-order chi connectivity index (χ1) is 10.9. The molecule has 130 valence electrons. The number of nitrogens with one attached hydrogen (secondary N) is 1. The summed E-state index contributed by atoms with van der Waals surface area (Å²) in [5.74, 6) is 0. The molecule has 3 aliphatic rings. The van der Waals surface area contributed by atoms with E-state index in [9.17, 15) is 4.79 Å². The third-order valence-electron chi connectivity index (χ3n) is 4.86. The number of carbonyl (C=O) groups excluding carboxylic acids is 1. The third kappa shape index (κ3) is 4.95. The summed E-state index contributed by atoms with van der Waals surface area (Å²) in [4.78, 5) is 16.5. The van der Waals surface area contributed by atoms with Gasteiger partial charge >= 0.3 is 6.09 Å². The molecular formula is C18H31N3O2. The first-order valence-corrected chi connectivity index (χ1v) is 9.04. The predicted molar refractivity (Wildman–Crippen MR) is 91.5 cm³/mol. The van der Waals surface area contributed by atoms with Gasteiger partial charge < -0.3 is 15.0 Å². The third-order valence-corrected chi connectivity index (χ3v) is 4.86. The van der Waals surface area contributed by atoms with Gasteiger partial charge in [0.2, 0.25) is 0 Å². The largest absolute Gasteiger partial charge is 0.444 e. The highest BCUT2D eigenvalue weighted by Gasteiger charge is 2.34. The summed E-state index contributed by atoms with van der Waals surface area (Å²) in [5.41, 5.74) is 1.01. The van der Waals surface area contributed by atoms with Gasteiger partial charge in [0, 0.05) is 44.8 Å². The van der Waals surface area contributed by atoms with Gasteiger partial charge in [-0.05, 0) is 46.5 Å². The Morgan fingerprint density at radius 2 is 2.09 bits per heavy atom. The highest BCUT2D eigenvalue weighted by atomic mass is 16.6. The predicted octanol–water partition coefficient (Wildman–Crippen LogP) is 2.38. The molecule has 0 aromatic carbocycles. The molecule has 2 heterocycles. The molecule has 5 heteroatoms. The van der Waals surface area contributed by atoms with Crippen molar-refractivity contribution in [3.8, 4) is 0 Å². The van der Waals surface area contributed by atoms with Gasteiger partial charge in [-0.25, -0.2) is 4.79 Å². The van der Waals surface area contributed by atoms with Gasteiger partial charge in [0.05, 0.1) is 0 Å². The van der Waals surface area contributed by atoms with E-state index >= 15 is 0 Å². The fourth-order valence-corrected chi connectivity index (χ4v) is 3.36. The van der Waals surface area contributed by atoms with Crippen LogP contribution in [0.3, 0.4) is 0 Å². The van der Waals surface area contributed by atoms with Crippen LogP contribution in [0.15, 0.2) is 11.6 Å². The summed E-state index contributed by atoms with van der Waals surface area (Å²) in [5, 5.41) is 3.70. The van der Waals surface area contributed by atoms with Crippen LogP contribution in [0.5, 0.6) is 0 Å². The fourth-order valence-electron chi connectivity index (χ4n) is 3.36. The van der Waals surface area contributed by atoms with E-state index in [4.69, 9.17) is 4.74 Å². The lowest BCUT2D eigenvalue weighted by Crippen LogP contribution is -2.40. The van der Waals surface area contributed by atoms with Crippen LogP contribution < -0.4 is 5.32 Å². The molecule has 1 atom stereocenters. The van der Waals surface area contributed by atoms with Gasteiger partial charge in [-0.3, -0.25) is 4.90 Å². The summed E-state index contributed by atoms with van der Waals surface area (Å²) < 4.78 is 5.43. The molecular weight excluding hydrogens is 290 g/mol. The van der Waals surface area contributed by atoms with Crippen molar-refractivity contribution in [2.24, 2.45) is 0 Å². The standard InChI is InChI=1S/C18H31N3O2/c1-18(2,3)23-17(22)20-9-6-14(7-10-20)12-19-15-8-11-21(13-15)16-4-5-16/h6,15-16,19H,4-5,7-13H2,1-3H3. The average molecular weight is 321 g/mol. The number of rotatable bonds is 4. The molecule has 3 rings (SSSR count). The molecule has 1 saturated carbocycles. The maximum absolute atomic E-state index is 12.0. The second-order valence-corrected chi connectivity index (χ2v) is 8.13. The lowest BCUT2D eigenvalue weighted by atomic mass is 10.1. The van der Waals surface area contributed by atoms with E-state index in [2.05, 4.69) is 16.3 Å². The van der Waals surface area contributed by atoms with Gasteiger partial charge in [-0.2, -0.15) is 0 Å². The number of nitrogens with zero attached hydrogens (tertiary/aromatic N) is 2. The maximum atomic E-state index is 12.0. The molecule has 1 aliphatic carbocycles. The second kappa shape index (κ2) is 6.81. The minimum atomic E-state index is -0.418. The highest BCUT2D eigenvalue weighted by molar-refractivity contribution is 5.68. The Hall–Kier alpha value is -1.07. The SMILES string of the molecule is CC(C)(C)OC(=O)N1CC=C(CNC2CCN(C3CC3)C2)CC1. The first-order valence-electron chi connectivity index (χ1n) is 9.04. The Bertz CT molecular complexity index is 465. The fraction of sp³-hybridized carbons (Fsp3) is 0.833. The quantitative estimate of drug-likeness (QED) is 0.808. The van der Waals surface area contributed by atoms with Gasteiger partial charge in [-0.1, -0.05) is 11.6 Å². The topological polar surface area (TPSA) is 44.8 Å². The summed E-state index contributed by atoms with van der Waals surface area (Å²) >= 11 is 0. The molecule has 0 aromatic heterocycles. The minimum Gasteiger partial charge on any atom is -0.444 e. The van der Waals surface area contributed by atoms with E-state index in [-0.39, 0.29) is 6.09 Å². The number of hydrogen-bond acceptors (Lipinski definition) is 4. The van der Waals surface area contributed by atoms with E-state index in [1.807, 2.05) is 20.8 Å². The molecule has 0 spiro atoms. The normalized spacial score (nSPS) is 26.3. The molecule has 1 amide bonds. The number of amides is 1. The summed E-state index contributed by atoms with van der Waals surface area (Å²) in [6.45, 7) is 10.6. The molecule has 0 bridgehead atoms. The van der Waals surface area contributed by atoms with Crippen molar-refractivity contribution in [1.29, 1.82) is 0 Å².